The van der Waals surface area contributed by atoms with Gasteiger partial charge in [-0.05, 0) is 57.8 Å². The zero-order valence-electron chi connectivity index (χ0n) is 12.3. The highest BCUT2D eigenvalue weighted by Gasteiger charge is 2.29. The fourth-order valence-corrected chi connectivity index (χ4v) is 2.38. The summed E-state index contributed by atoms with van der Waals surface area (Å²) in [4.78, 5) is 22.5. The van der Waals surface area contributed by atoms with Crippen LogP contribution in [0.1, 0.15) is 59.3 Å². The summed E-state index contributed by atoms with van der Waals surface area (Å²) in [5.74, 6) is -0.125. The lowest BCUT2D eigenvalue weighted by molar-refractivity contribution is -0.156. The predicted molar refractivity (Wildman–Crippen MR) is 72.7 cm³/mol. The number of carbonyl (C=O) groups excluding carboxylic acids is 1. The third-order valence-electron chi connectivity index (χ3n) is 4.32. The van der Waals surface area contributed by atoms with Gasteiger partial charge in [0.15, 0.2) is 0 Å². The Labute approximate surface area is 115 Å². The lowest BCUT2D eigenvalue weighted by Gasteiger charge is -2.28. The number of hydrogen-bond donors (Lipinski definition) is 1. The molecule has 0 aromatic heterocycles. The molecule has 0 unspecified atom stereocenters. The molecule has 0 radical (unpaired) electrons. The van der Waals surface area contributed by atoms with Gasteiger partial charge in [0.2, 0.25) is 0 Å². The van der Waals surface area contributed by atoms with Crippen LogP contribution in [0.3, 0.4) is 0 Å². The molecule has 1 saturated carbocycles. The van der Waals surface area contributed by atoms with E-state index in [-0.39, 0.29) is 12.4 Å². The van der Waals surface area contributed by atoms with Gasteiger partial charge in [0.1, 0.15) is 0 Å². The molecule has 110 valence electrons. The van der Waals surface area contributed by atoms with Crippen molar-refractivity contribution in [2.45, 2.75) is 59.3 Å². The Balaban J connectivity index is 2.26. The van der Waals surface area contributed by atoms with Gasteiger partial charge in [0, 0.05) is 6.42 Å². The summed E-state index contributed by atoms with van der Waals surface area (Å²) >= 11 is 0. The molecule has 19 heavy (non-hydrogen) atoms. The Bertz CT molecular complexity index is 314. The minimum absolute atomic E-state index is 0.123. The molecule has 0 atom stereocenters. The van der Waals surface area contributed by atoms with E-state index in [0.717, 1.165) is 32.1 Å². The molecule has 4 nitrogen and oxygen atoms in total. The molecule has 1 rings (SSSR count). The Hall–Kier alpha value is -1.06. The van der Waals surface area contributed by atoms with Crippen molar-refractivity contribution in [1.29, 1.82) is 0 Å². The average molecular weight is 270 g/mol. The predicted octanol–water partition coefficient (Wildman–Crippen LogP) is 3.25. The van der Waals surface area contributed by atoms with E-state index >= 15 is 0 Å². The van der Waals surface area contributed by atoms with Crippen LogP contribution in [-0.2, 0) is 14.3 Å². The maximum absolute atomic E-state index is 11.8. The number of aliphatic carboxylic acids is 1. The number of rotatable bonds is 6. The second kappa shape index (κ2) is 6.92. The molecule has 0 aromatic rings. The van der Waals surface area contributed by atoms with Crippen LogP contribution in [-0.4, -0.2) is 23.7 Å². The molecule has 4 heteroatoms. The first-order chi connectivity index (χ1) is 8.85. The highest BCUT2D eigenvalue weighted by atomic mass is 16.5. The molecular formula is C15H26O4. The molecule has 0 aromatic carbocycles. The highest BCUT2D eigenvalue weighted by Crippen LogP contribution is 2.31. The van der Waals surface area contributed by atoms with Gasteiger partial charge >= 0.3 is 11.9 Å². The molecule has 0 amide bonds. The quantitative estimate of drug-likeness (QED) is 0.752. The van der Waals surface area contributed by atoms with Crippen molar-refractivity contribution in [3.05, 3.63) is 0 Å². The maximum Gasteiger partial charge on any atom is 0.311 e. The normalized spacial score (nSPS) is 23.9. The van der Waals surface area contributed by atoms with E-state index in [1.165, 1.54) is 0 Å². The summed E-state index contributed by atoms with van der Waals surface area (Å²) in [5.41, 5.74) is -0.402. The van der Waals surface area contributed by atoms with Crippen LogP contribution in [0.4, 0.5) is 0 Å². The number of carboxylic acids is 1. The van der Waals surface area contributed by atoms with E-state index < -0.39 is 11.4 Å². The van der Waals surface area contributed by atoms with Crippen molar-refractivity contribution in [3.63, 3.8) is 0 Å². The Morgan fingerprint density at radius 3 is 2.16 bits per heavy atom. The third kappa shape index (κ3) is 5.21. The summed E-state index contributed by atoms with van der Waals surface area (Å²) < 4.78 is 5.40. The van der Waals surface area contributed by atoms with Gasteiger partial charge in [-0.2, -0.15) is 0 Å². The first-order valence-electron chi connectivity index (χ1n) is 7.24. The lowest BCUT2D eigenvalue weighted by atomic mass is 9.81. The number of carbonyl (C=O) groups is 2. The first kappa shape index (κ1) is 16.0. The third-order valence-corrected chi connectivity index (χ3v) is 4.32. The van der Waals surface area contributed by atoms with Gasteiger partial charge in [-0.1, -0.05) is 6.92 Å². The fraction of sp³-hybridized carbons (Fsp3) is 0.867. The number of hydrogen-bond acceptors (Lipinski definition) is 3. The van der Waals surface area contributed by atoms with Crippen LogP contribution in [0.2, 0.25) is 0 Å². The first-order valence-corrected chi connectivity index (χ1v) is 7.24. The molecule has 0 bridgehead atoms. The smallest absolute Gasteiger partial charge is 0.311 e. The highest BCUT2D eigenvalue weighted by molar-refractivity contribution is 5.75. The second-order valence-corrected chi connectivity index (χ2v) is 6.32. The van der Waals surface area contributed by atoms with E-state index in [1.807, 2.05) is 20.8 Å². The molecular weight excluding hydrogens is 244 g/mol. The SMILES string of the molecule is CCC(C)(C)C(=O)OCC1CCC(CC(=O)O)CC1. The summed E-state index contributed by atoms with van der Waals surface area (Å²) in [6.07, 6.45) is 4.86. The largest absolute Gasteiger partial charge is 0.481 e. The van der Waals surface area contributed by atoms with Gasteiger partial charge in [-0.3, -0.25) is 9.59 Å². The topological polar surface area (TPSA) is 63.6 Å². The van der Waals surface area contributed by atoms with Crippen LogP contribution < -0.4 is 0 Å². The van der Waals surface area contributed by atoms with Crippen molar-refractivity contribution < 1.29 is 19.4 Å². The molecule has 1 aliphatic rings. The van der Waals surface area contributed by atoms with Gasteiger partial charge < -0.3 is 9.84 Å². The van der Waals surface area contributed by atoms with E-state index in [4.69, 9.17) is 9.84 Å². The fourth-order valence-electron chi connectivity index (χ4n) is 2.38. The molecule has 1 aliphatic carbocycles. The summed E-state index contributed by atoms with van der Waals surface area (Å²) in [6.45, 7) is 6.28. The minimum Gasteiger partial charge on any atom is -0.481 e. The van der Waals surface area contributed by atoms with Gasteiger partial charge in [-0.25, -0.2) is 0 Å². The average Bonchev–Trinajstić information content (AvgIpc) is 2.36. The molecule has 0 aliphatic heterocycles. The molecule has 0 heterocycles. The molecule has 1 N–H and O–H groups in total. The van der Waals surface area contributed by atoms with E-state index in [0.29, 0.717) is 18.4 Å². The van der Waals surface area contributed by atoms with Crippen molar-refractivity contribution in [2.75, 3.05) is 6.61 Å². The zero-order chi connectivity index (χ0) is 14.5. The molecule has 1 fully saturated rings. The minimum atomic E-state index is -0.709. The monoisotopic (exact) mass is 270 g/mol. The summed E-state index contributed by atoms with van der Waals surface area (Å²) in [6, 6.07) is 0. The Morgan fingerprint density at radius 1 is 1.16 bits per heavy atom. The van der Waals surface area contributed by atoms with E-state index in [1.54, 1.807) is 0 Å². The van der Waals surface area contributed by atoms with Crippen LogP contribution in [0.15, 0.2) is 0 Å². The number of ether oxygens (including phenoxy) is 1. The van der Waals surface area contributed by atoms with Gasteiger partial charge in [-0.15, -0.1) is 0 Å². The summed E-state index contributed by atoms with van der Waals surface area (Å²) in [5, 5.41) is 8.76. The van der Waals surface area contributed by atoms with Crippen molar-refractivity contribution in [2.24, 2.45) is 17.3 Å². The van der Waals surface area contributed by atoms with Crippen LogP contribution >= 0.6 is 0 Å². The Morgan fingerprint density at radius 2 is 1.68 bits per heavy atom. The van der Waals surface area contributed by atoms with Crippen LogP contribution in [0.5, 0.6) is 0 Å². The lowest BCUT2D eigenvalue weighted by Crippen LogP contribution is -2.29. The zero-order valence-corrected chi connectivity index (χ0v) is 12.3. The van der Waals surface area contributed by atoms with Crippen LogP contribution in [0.25, 0.3) is 0 Å². The summed E-state index contributed by atoms with van der Waals surface area (Å²) in [7, 11) is 0. The molecule has 0 saturated heterocycles. The standard InChI is InChI=1S/C15H26O4/c1-4-15(2,3)14(18)19-10-12-7-5-11(6-8-12)9-13(16)17/h11-12H,4-10H2,1-3H3,(H,16,17). The molecule has 0 spiro atoms. The van der Waals surface area contributed by atoms with E-state index in [2.05, 4.69) is 0 Å². The van der Waals surface area contributed by atoms with Crippen molar-refractivity contribution >= 4 is 11.9 Å². The van der Waals surface area contributed by atoms with Crippen LogP contribution in [0, 0.1) is 17.3 Å². The van der Waals surface area contributed by atoms with E-state index in [9.17, 15) is 9.59 Å². The van der Waals surface area contributed by atoms with Gasteiger partial charge in [0.25, 0.3) is 0 Å². The number of carboxylic acid groups (broad SMARTS) is 1. The Kier molecular flexibility index (Phi) is 5.83. The van der Waals surface area contributed by atoms with Gasteiger partial charge in [0.05, 0.1) is 12.0 Å². The second-order valence-electron chi connectivity index (χ2n) is 6.32. The van der Waals surface area contributed by atoms with Crippen molar-refractivity contribution in [3.8, 4) is 0 Å². The number of esters is 1. The maximum atomic E-state index is 11.8. The van der Waals surface area contributed by atoms with Crippen molar-refractivity contribution in [1.82, 2.24) is 0 Å².